The lowest BCUT2D eigenvalue weighted by Gasteiger charge is -2.40. The second-order valence-corrected chi connectivity index (χ2v) is 9.39. The molecular formula is C27H32O. The van der Waals surface area contributed by atoms with Gasteiger partial charge in [0.15, 0.2) is 5.78 Å². The van der Waals surface area contributed by atoms with E-state index in [0.29, 0.717) is 5.92 Å². The van der Waals surface area contributed by atoms with E-state index in [-0.39, 0.29) is 17.1 Å². The number of carbonyl (C=O) groups excluding carboxylic acids is 1. The summed E-state index contributed by atoms with van der Waals surface area (Å²) < 4.78 is 0. The highest BCUT2D eigenvalue weighted by molar-refractivity contribution is 6.14. The van der Waals surface area contributed by atoms with Crippen LogP contribution >= 0.6 is 0 Å². The SMILES string of the molecule is Cc1ccc(/C=C2\CC(C(C)(C)C)C(C)/C(=C\c3ccc(C)cc3)C2=O)cc1. The topological polar surface area (TPSA) is 17.1 Å². The van der Waals surface area contributed by atoms with Crippen molar-refractivity contribution in [1.29, 1.82) is 0 Å². The second-order valence-electron chi connectivity index (χ2n) is 9.39. The molecule has 1 heteroatoms. The summed E-state index contributed by atoms with van der Waals surface area (Å²) in [5, 5.41) is 0. The van der Waals surface area contributed by atoms with Gasteiger partial charge >= 0.3 is 0 Å². The van der Waals surface area contributed by atoms with Crippen LogP contribution in [0.3, 0.4) is 0 Å². The van der Waals surface area contributed by atoms with Crippen molar-refractivity contribution in [3.8, 4) is 0 Å². The first-order chi connectivity index (χ1) is 13.1. The van der Waals surface area contributed by atoms with E-state index >= 15 is 0 Å². The third kappa shape index (κ3) is 4.52. The van der Waals surface area contributed by atoms with Crippen LogP contribution in [0.1, 0.15) is 56.4 Å². The molecule has 0 aromatic heterocycles. The lowest BCUT2D eigenvalue weighted by Crippen LogP contribution is -2.35. The van der Waals surface area contributed by atoms with Gasteiger partial charge in [-0.2, -0.15) is 0 Å². The third-order valence-electron chi connectivity index (χ3n) is 6.02. The van der Waals surface area contributed by atoms with Crippen LogP contribution in [0.4, 0.5) is 0 Å². The predicted octanol–water partition coefficient (Wildman–Crippen LogP) is 7.04. The van der Waals surface area contributed by atoms with Crippen LogP contribution in [0.5, 0.6) is 0 Å². The van der Waals surface area contributed by atoms with Crippen LogP contribution in [0.15, 0.2) is 59.7 Å². The van der Waals surface area contributed by atoms with Crippen molar-refractivity contribution >= 4 is 17.9 Å². The van der Waals surface area contributed by atoms with E-state index < -0.39 is 0 Å². The summed E-state index contributed by atoms with van der Waals surface area (Å²) in [5.74, 6) is 0.872. The molecule has 1 nitrogen and oxygen atoms in total. The van der Waals surface area contributed by atoms with Crippen LogP contribution in [-0.2, 0) is 4.79 Å². The van der Waals surface area contributed by atoms with Crippen molar-refractivity contribution in [1.82, 2.24) is 0 Å². The number of rotatable bonds is 2. The molecule has 146 valence electrons. The number of ketones is 1. The molecule has 1 saturated carbocycles. The summed E-state index contributed by atoms with van der Waals surface area (Å²) in [7, 11) is 0. The average Bonchev–Trinajstić information content (AvgIpc) is 2.63. The van der Waals surface area contributed by atoms with Crippen LogP contribution in [0, 0.1) is 31.1 Å². The maximum atomic E-state index is 13.4. The summed E-state index contributed by atoms with van der Waals surface area (Å²) in [5.41, 5.74) is 6.68. The number of Topliss-reactive ketones (excluding diaryl/α,β-unsaturated/α-hetero) is 1. The Hall–Kier alpha value is -2.41. The number of carbonyl (C=O) groups is 1. The van der Waals surface area contributed by atoms with E-state index in [1.807, 2.05) is 0 Å². The highest BCUT2D eigenvalue weighted by Crippen LogP contribution is 2.45. The molecule has 0 radical (unpaired) electrons. The Balaban J connectivity index is 2.05. The fraction of sp³-hybridized carbons (Fsp3) is 0.370. The summed E-state index contributed by atoms with van der Waals surface area (Å²) in [4.78, 5) is 13.4. The molecule has 0 amide bonds. The number of hydrogen-bond donors (Lipinski definition) is 0. The molecule has 0 bridgehead atoms. The van der Waals surface area contributed by atoms with E-state index in [0.717, 1.165) is 28.7 Å². The van der Waals surface area contributed by atoms with Crippen molar-refractivity contribution in [2.75, 3.05) is 0 Å². The minimum absolute atomic E-state index is 0.138. The smallest absolute Gasteiger partial charge is 0.185 e. The molecule has 2 aromatic carbocycles. The van der Waals surface area contributed by atoms with E-state index in [2.05, 4.69) is 102 Å². The van der Waals surface area contributed by atoms with Crippen molar-refractivity contribution in [3.05, 3.63) is 81.9 Å². The first-order valence-electron chi connectivity index (χ1n) is 10.3. The lowest BCUT2D eigenvalue weighted by atomic mass is 9.63. The van der Waals surface area contributed by atoms with Gasteiger partial charge in [0.05, 0.1) is 0 Å². The largest absolute Gasteiger partial charge is 0.289 e. The Morgan fingerprint density at radius 3 is 1.75 bits per heavy atom. The van der Waals surface area contributed by atoms with Gasteiger partial charge < -0.3 is 0 Å². The Kier molecular flexibility index (Phi) is 5.74. The number of allylic oxidation sites excluding steroid dienone is 2. The molecule has 28 heavy (non-hydrogen) atoms. The van der Waals surface area contributed by atoms with Crippen LogP contribution < -0.4 is 0 Å². The molecule has 3 rings (SSSR count). The summed E-state index contributed by atoms with van der Waals surface area (Å²) in [6, 6.07) is 16.8. The monoisotopic (exact) mass is 372 g/mol. The van der Waals surface area contributed by atoms with Gasteiger partial charge in [0.2, 0.25) is 0 Å². The van der Waals surface area contributed by atoms with Crippen LogP contribution in [0.25, 0.3) is 12.2 Å². The summed E-state index contributed by atoms with van der Waals surface area (Å²) in [6.45, 7) is 13.3. The van der Waals surface area contributed by atoms with Gasteiger partial charge in [-0.25, -0.2) is 0 Å². The van der Waals surface area contributed by atoms with E-state index in [1.165, 1.54) is 11.1 Å². The van der Waals surface area contributed by atoms with Crippen molar-refractivity contribution < 1.29 is 4.79 Å². The van der Waals surface area contributed by atoms with Gasteiger partial charge in [-0.3, -0.25) is 4.79 Å². The maximum Gasteiger partial charge on any atom is 0.185 e. The minimum Gasteiger partial charge on any atom is -0.289 e. The Labute approximate surface area is 170 Å². The molecule has 0 spiro atoms. The Morgan fingerprint density at radius 1 is 0.821 bits per heavy atom. The van der Waals surface area contributed by atoms with Gasteiger partial charge in [-0.05, 0) is 60.8 Å². The normalized spacial score (nSPS) is 23.4. The van der Waals surface area contributed by atoms with Crippen molar-refractivity contribution in [2.45, 2.75) is 48.0 Å². The molecule has 2 atom stereocenters. The zero-order valence-corrected chi connectivity index (χ0v) is 18.0. The van der Waals surface area contributed by atoms with Gasteiger partial charge in [0.25, 0.3) is 0 Å². The molecule has 0 heterocycles. The van der Waals surface area contributed by atoms with Crippen molar-refractivity contribution in [2.24, 2.45) is 17.3 Å². The summed E-state index contributed by atoms with van der Waals surface area (Å²) in [6.07, 6.45) is 5.03. The molecule has 0 N–H and O–H groups in total. The van der Waals surface area contributed by atoms with Crippen LogP contribution in [-0.4, -0.2) is 5.78 Å². The number of hydrogen-bond acceptors (Lipinski definition) is 1. The zero-order valence-electron chi connectivity index (χ0n) is 18.0. The lowest BCUT2D eigenvalue weighted by molar-refractivity contribution is -0.114. The molecule has 0 saturated heterocycles. The Bertz CT molecular complexity index is 902. The van der Waals surface area contributed by atoms with E-state index in [4.69, 9.17) is 0 Å². The quantitative estimate of drug-likeness (QED) is 0.517. The van der Waals surface area contributed by atoms with Crippen molar-refractivity contribution in [3.63, 3.8) is 0 Å². The Morgan fingerprint density at radius 2 is 1.29 bits per heavy atom. The molecule has 1 aliphatic carbocycles. The fourth-order valence-corrected chi connectivity index (χ4v) is 4.20. The maximum absolute atomic E-state index is 13.4. The van der Waals surface area contributed by atoms with Crippen LogP contribution in [0.2, 0.25) is 0 Å². The van der Waals surface area contributed by atoms with Gasteiger partial charge in [-0.1, -0.05) is 87.4 Å². The first-order valence-corrected chi connectivity index (χ1v) is 10.3. The van der Waals surface area contributed by atoms with Gasteiger partial charge in [-0.15, -0.1) is 0 Å². The van der Waals surface area contributed by atoms with E-state index in [1.54, 1.807) is 0 Å². The highest BCUT2D eigenvalue weighted by Gasteiger charge is 2.39. The summed E-state index contributed by atoms with van der Waals surface area (Å²) >= 11 is 0. The highest BCUT2D eigenvalue weighted by atomic mass is 16.1. The number of benzene rings is 2. The number of aryl methyl sites for hydroxylation is 2. The molecule has 0 aliphatic heterocycles. The standard InChI is InChI=1S/C27H32O/c1-18-7-11-21(12-8-18)15-23-17-25(27(4,5)6)20(3)24(26(23)28)16-22-13-9-19(2)10-14-22/h7-16,20,25H,17H2,1-6H3/b23-15+,24-16+. The third-order valence-corrected chi connectivity index (χ3v) is 6.02. The van der Waals surface area contributed by atoms with Gasteiger partial charge in [0, 0.05) is 11.1 Å². The molecule has 1 fully saturated rings. The fourth-order valence-electron chi connectivity index (χ4n) is 4.20. The average molecular weight is 373 g/mol. The second kappa shape index (κ2) is 7.91. The molecule has 1 aliphatic rings. The van der Waals surface area contributed by atoms with Gasteiger partial charge in [0.1, 0.15) is 0 Å². The molecular weight excluding hydrogens is 340 g/mol. The minimum atomic E-state index is 0.138. The predicted molar refractivity (Wildman–Crippen MR) is 120 cm³/mol. The first kappa shape index (κ1) is 20.3. The van der Waals surface area contributed by atoms with E-state index in [9.17, 15) is 4.79 Å². The molecule has 2 aromatic rings. The molecule has 2 unspecified atom stereocenters. The zero-order chi connectivity index (χ0) is 20.5.